The summed E-state index contributed by atoms with van der Waals surface area (Å²) in [4.78, 5) is 10.1. The van der Waals surface area contributed by atoms with E-state index in [0.29, 0.717) is 0 Å². The van der Waals surface area contributed by atoms with E-state index >= 15 is 0 Å². The van der Waals surface area contributed by atoms with E-state index in [0.717, 1.165) is 7.11 Å². The van der Waals surface area contributed by atoms with Crippen LogP contribution in [0.2, 0.25) is 0 Å². The fourth-order valence-corrected chi connectivity index (χ4v) is 0.369. The van der Waals surface area contributed by atoms with Crippen LogP contribution in [0.3, 0.4) is 0 Å². The van der Waals surface area contributed by atoms with Gasteiger partial charge in [-0.15, -0.1) is 0 Å². The number of hydrogen-bond acceptors (Lipinski definition) is 4. The summed E-state index contributed by atoms with van der Waals surface area (Å²) in [6, 6.07) is 0. The predicted octanol–water partition coefficient (Wildman–Crippen LogP) is -0.992. The number of esters is 1. The van der Waals surface area contributed by atoms with Gasteiger partial charge in [0.05, 0.1) is 12.4 Å². The average molecular weight is 164 g/mol. The van der Waals surface area contributed by atoms with Crippen LogP contribution in [-0.2, 0) is 19.6 Å². The van der Waals surface area contributed by atoms with E-state index in [9.17, 15) is 13.2 Å². The van der Waals surface area contributed by atoms with Crippen LogP contribution in [0.5, 0.6) is 0 Å². The number of ether oxygens (including phenoxy) is 1. The van der Waals surface area contributed by atoms with E-state index in [1.54, 1.807) is 0 Å². The largest absolute Gasteiger partial charge is 0.459 e. The van der Waals surface area contributed by atoms with Gasteiger partial charge < -0.3 is 4.74 Å². The smallest absolute Gasteiger partial charge is 0.385 e. The zero-order valence-electron chi connectivity index (χ0n) is 4.99. The molecule has 6 heteroatoms. The van der Waals surface area contributed by atoms with Crippen molar-refractivity contribution in [1.82, 2.24) is 0 Å². The second kappa shape index (κ2) is 3.20. The lowest BCUT2D eigenvalue weighted by molar-refractivity contribution is -0.133. The molecule has 0 atom stereocenters. The highest BCUT2D eigenvalue weighted by molar-refractivity contribution is 7.90. The van der Waals surface area contributed by atoms with Crippen molar-refractivity contribution in [1.29, 1.82) is 0 Å². The van der Waals surface area contributed by atoms with Gasteiger partial charge in [0, 0.05) is 5.92 Å². The van der Waals surface area contributed by atoms with Crippen LogP contribution in [0.15, 0.2) is 0 Å². The molecule has 0 unspecified atom stereocenters. The summed E-state index contributed by atoms with van der Waals surface area (Å²) < 4.78 is 31.6. The summed E-state index contributed by atoms with van der Waals surface area (Å²) in [5, 5.41) is 1.28. The highest BCUT2D eigenvalue weighted by Crippen LogP contribution is 1.75. The molecule has 5 nitrogen and oxygen atoms in total. The minimum atomic E-state index is -4.39. The van der Waals surface area contributed by atoms with Crippen molar-refractivity contribution in [2.24, 2.45) is 0 Å². The minimum absolute atomic E-state index is 1.02. The van der Waals surface area contributed by atoms with Gasteiger partial charge in [0.15, 0.2) is 0 Å². The lowest BCUT2D eigenvalue weighted by atomic mass is 10.7. The van der Waals surface area contributed by atoms with Crippen molar-refractivity contribution in [2.45, 2.75) is 0 Å². The first-order chi connectivity index (χ1) is 4.45. The maximum absolute atomic E-state index is 10.1. The monoisotopic (exact) mass is 164 g/mol. The first-order valence-corrected chi connectivity index (χ1v) is 3.48. The third-order valence-corrected chi connectivity index (χ3v) is 0.827. The average Bonchev–Trinajstić information content (AvgIpc) is 1.81. The van der Waals surface area contributed by atoms with E-state index < -0.39 is 16.1 Å². The van der Waals surface area contributed by atoms with Crippen LogP contribution in [-0.4, -0.2) is 26.0 Å². The van der Waals surface area contributed by atoms with E-state index in [-0.39, 0.29) is 0 Å². The zero-order chi connectivity index (χ0) is 8.20. The third-order valence-electron chi connectivity index (χ3n) is 0.467. The molecule has 0 aliphatic carbocycles. The number of carbonyl (C=O) groups excluding carboxylic acids is 1. The van der Waals surface area contributed by atoms with Crippen molar-refractivity contribution >= 4 is 16.1 Å². The van der Waals surface area contributed by atoms with Gasteiger partial charge in [-0.05, 0) is 0 Å². The second-order valence-corrected chi connectivity index (χ2v) is 2.35. The summed E-state index contributed by atoms with van der Waals surface area (Å²) in [7, 11) is -3.35. The molecule has 0 spiro atoms. The molecule has 0 aromatic rings. The van der Waals surface area contributed by atoms with Gasteiger partial charge in [-0.3, -0.25) is 4.55 Å². The Bertz CT molecular complexity index is 277. The van der Waals surface area contributed by atoms with Gasteiger partial charge >= 0.3 is 16.1 Å². The van der Waals surface area contributed by atoms with Crippen LogP contribution < -0.4 is 0 Å². The molecule has 0 saturated carbocycles. The van der Waals surface area contributed by atoms with Crippen LogP contribution >= 0.6 is 0 Å². The Morgan fingerprint density at radius 1 is 1.60 bits per heavy atom. The predicted molar refractivity (Wildman–Crippen MR) is 31.3 cm³/mol. The standard InChI is InChI=1S/C4H4O5S/c1-9-4(5)2-3-10(6,7)8/h1H3,(H,6,7,8). The molecular formula is C4H4O5S. The molecule has 56 valence electrons. The maximum Gasteiger partial charge on any atom is 0.385 e. The molecule has 0 aliphatic rings. The van der Waals surface area contributed by atoms with Gasteiger partial charge in [-0.25, -0.2) is 4.79 Å². The highest BCUT2D eigenvalue weighted by Gasteiger charge is 1.96. The Morgan fingerprint density at radius 3 is 2.40 bits per heavy atom. The molecule has 0 aromatic heterocycles. The molecule has 1 N–H and O–H groups in total. The van der Waals surface area contributed by atoms with Gasteiger partial charge in [-0.1, -0.05) is 0 Å². The molecule has 0 fully saturated rings. The SMILES string of the molecule is COC(=O)C#CS(=O)(=O)O. The third kappa shape index (κ3) is 5.08. The Morgan fingerprint density at radius 2 is 2.10 bits per heavy atom. The van der Waals surface area contributed by atoms with Crippen molar-refractivity contribution < 1.29 is 22.5 Å². The molecule has 0 aromatic carbocycles. The fraction of sp³-hybridized carbons (Fsp3) is 0.250. The molecule has 0 amide bonds. The first-order valence-electron chi connectivity index (χ1n) is 2.04. The molecule has 0 heterocycles. The van der Waals surface area contributed by atoms with E-state index in [1.165, 1.54) is 11.2 Å². The van der Waals surface area contributed by atoms with Crippen LogP contribution in [0.4, 0.5) is 0 Å². The molecule has 0 aliphatic heterocycles. The zero-order valence-corrected chi connectivity index (χ0v) is 5.80. The summed E-state index contributed by atoms with van der Waals surface area (Å²) in [6.45, 7) is 0. The quantitative estimate of drug-likeness (QED) is 0.282. The summed E-state index contributed by atoms with van der Waals surface area (Å²) >= 11 is 0. The van der Waals surface area contributed by atoms with Gasteiger partial charge in [0.25, 0.3) is 0 Å². The summed E-state index contributed by atoms with van der Waals surface area (Å²) in [5.41, 5.74) is 0. The number of hydrogen-bond donors (Lipinski definition) is 1. The van der Waals surface area contributed by atoms with E-state index in [1.807, 2.05) is 0 Å². The highest BCUT2D eigenvalue weighted by atomic mass is 32.2. The van der Waals surface area contributed by atoms with Crippen molar-refractivity contribution in [3.8, 4) is 11.2 Å². The van der Waals surface area contributed by atoms with Crippen LogP contribution in [0.25, 0.3) is 0 Å². The lowest BCUT2D eigenvalue weighted by Gasteiger charge is -1.82. The van der Waals surface area contributed by atoms with Gasteiger partial charge in [-0.2, -0.15) is 8.42 Å². The molecule has 0 radical (unpaired) electrons. The Kier molecular flexibility index (Phi) is 2.86. The van der Waals surface area contributed by atoms with Gasteiger partial charge in [0.1, 0.15) is 0 Å². The molecule has 0 bridgehead atoms. The maximum atomic E-state index is 10.1. The Balaban J connectivity index is 4.34. The lowest BCUT2D eigenvalue weighted by Crippen LogP contribution is -1.97. The molecule has 0 saturated heterocycles. The van der Waals surface area contributed by atoms with Gasteiger partial charge in [0.2, 0.25) is 0 Å². The van der Waals surface area contributed by atoms with Crippen LogP contribution in [0.1, 0.15) is 0 Å². The number of carbonyl (C=O) groups is 1. The van der Waals surface area contributed by atoms with E-state index in [4.69, 9.17) is 4.55 Å². The molecular weight excluding hydrogens is 160 g/mol. The second-order valence-electron chi connectivity index (χ2n) is 1.19. The topological polar surface area (TPSA) is 80.7 Å². The number of rotatable bonds is 0. The molecule has 0 rings (SSSR count). The van der Waals surface area contributed by atoms with E-state index in [2.05, 4.69) is 4.74 Å². The minimum Gasteiger partial charge on any atom is -0.459 e. The van der Waals surface area contributed by atoms with Crippen molar-refractivity contribution in [2.75, 3.05) is 7.11 Å². The van der Waals surface area contributed by atoms with Crippen molar-refractivity contribution in [3.05, 3.63) is 0 Å². The fourth-order valence-electron chi connectivity index (χ4n) is 0.157. The van der Waals surface area contributed by atoms with Crippen LogP contribution in [0, 0.1) is 11.2 Å². The Hall–Kier alpha value is -1.06. The summed E-state index contributed by atoms with van der Waals surface area (Å²) in [5.74, 6) is 0.507. The Labute approximate surface area is 57.7 Å². The summed E-state index contributed by atoms with van der Waals surface area (Å²) in [6.07, 6.45) is 0. The first kappa shape index (κ1) is 8.94. The molecule has 10 heavy (non-hydrogen) atoms. The van der Waals surface area contributed by atoms with Crippen molar-refractivity contribution in [3.63, 3.8) is 0 Å². The number of methoxy groups -OCH3 is 1. The normalized spacial score (nSPS) is 9.40.